The van der Waals surface area contributed by atoms with Gasteiger partial charge in [0.2, 0.25) is 0 Å². The summed E-state index contributed by atoms with van der Waals surface area (Å²) >= 11 is 1.61. The van der Waals surface area contributed by atoms with Gasteiger partial charge in [-0.3, -0.25) is 0 Å². The molecular weight excluding hydrogens is 855 g/mol. The Morgan fingerprint density at radius 1 is 0.283 bits per heavy atom. The first-order valence-electron chi connectivity index (χ1n) is 16.8. The van der Waals surface area contributed by atoms with E-state index in [-0.39, 0.29) is 0 Å². The van der Waals surface area contributed by atoms with Crippen molar-refractivity contribution in [3.05, 3.63) is 200 Å². The van der Waals surface area contributed by atoms with E-state index in [0.717, 1.165) is 67.5 Å². The maximum Gasteiger partial charge on any atom is 0.0473 e. The Labute approximate surface area is 324 Å². The van der Waals surface area contributed by atoms with Crippen LogP contribution in [0.2, 0.25) is 0 Å². The molecule has 0 spiro atoms. The number of aromatic nitrogens is 6. The Morgan fingerprint density at radius 3 is 0.679 bits per heavy atom. The normalized spacial score (nSPS) is 10.1. The van der Waals surface area contributed by atoms with E-state index in [9.17, 15) is 0 Å². The molecule has 0 saturated heterocycles. The summed E-state index contributed by atoms with van der Waals surface area (Å²) in [6.07, 6.45) is 0. The topological polar surface area (TPSA) is 81.0 Å². The molecule has 53 heavy (non-hydrogen) atoms. The van der Waals surface area contributed by atoms with E-state index in [1.54, 1.807) is 18.8 Å². The zero-order valence-corrected chi connectivity index (χ0v) is 31.5. The van der Waals surface area contributed by atoms with Gasteiger partial charge in [0.15, 0.2) is 0 Å². The van der Waals surface area contributed by atoms with Crippen LogP contribution in [0, 0.1) is 0 Å². The number of rotatable bonds is 6. The maximum absolute atomic E-state index is 4.61. The van der Waals surface area contributed by atoms with E-state index in [1.165, 1.54) is 0 Å². The molecule has 0 N–H and O–H groups in total. The van der Waals surface area contributed by atoms with Gasteiger partial charge in [-0.15, -0.1) is 17.1 Å². The first-order chi connectivity index (χ1) is 26.3. The molecule has 0 radical (unpaired) electrons. The van der Waals surface area contributed by atoms with Gasteiger partial charge >= 0.3 is 28.2 Å². The molecule has 0 saturated carbocycles. The van der Waals surface area contributed by atoms with E-state index < -0.39 is 0 Å². The Hall–Kier alpha value is -6.07. The van der Waals surface area contributed by atoms with Gasteiger partial charge in [-0.1, -0.05) is 200 Å². The van der Waals surface area contributed by atoms with Crippen molar-refractivity contribution >= 4 is 9.42 Å². The number of halogens is 1. The molecule has 3 heterocycles. The summed E-state index contributed by atoms with van der Waals surface area (Å²) in [6, 6.07) is 66.6. The molecule has 0 bridgehead atoms. The van der Waals surface area contributed by atoms with Crippen LogP contribution in [0.5, 0.6) is 0 Å². The van der Waals surface area contributed by atoms with E-state index in [4.69, 9.17) is 0 Å². The Balaban J connectivity index is 0.000000133. The molecule has 0 aliphatic rings. The molecule has 0 atom stereocenters. The van der Waals surface area contributed by atoms with Crippen LogP contribution in [0.25, 0.3) is 67.5 Å². The second-order valence-electron chi connectivity index (χ2n) is 11.5. The molecule has 0 unspecified atom stereocenters. The zero-order chi connectivity index (χ0) is 36.5. The Bertz CT molecular complexity index is 1910. The van der Waals surface area contributed by atoms with Crippen molar-refractivity contribution in [1.29, 1.82) is 0 Å². The fraction of sp³-hybridized carbons (Fsp3) is 0. The zero-order valence-electron chi connectivity index (χ0n) is 28.4. The summed E-state index contributed by atoms with van der Waals surface area (Å²) in [5.41, 5.74) is 12.1. The summed E-state index contributed by atoms with van der Waals surface area (Å²) in [6.45, 7) is 0. The molecule has 6 aromatic carbocycles. The Kier molecular flexibility index (Phi) is 13.5. The van der Waals surface area contributed by atoms with Crippen LogP contribution in [0.4, 0.5) is 0 Å². The molecule has 6 nitrogen and oxygen atoms in total. The van der Waals surface area contributed by atoms with E-state index in [0.29, 0.717) is 0 Å². The van der Waals surface area contributed by atoms with Crippen molar-refractivity contribution in [3.63, 3.8) is 0 Å². The second kappa shape index (κ2) is 19.5. The predicted octanol–water partition coefficient (Wildman–Crippen LogP) is 10.8. The second-order valence-corrected chi connectivity index (χ2v) is 11.5. The van der Waals surface area contributed by atoms with Gasteiger partial charge < -0.3 is 30.6 Å². The van der Waals surface area contributed by atoms with Crippen molar-refractivity contribution < 1.29 is 18.8 Å². The van der Waals surface area contributed by atoms with Crippen molar-refractivity contribution in [3.8, 4) is 67.5 Å². The minimum Gasteiger partial charge on any atom is -0.574 e. The minimum atomic E-state index is 0.921. The van der Waals surface area contributed by atoms with E-state index in [1.807, 2.05) is 200 Å². The summed E-state index contributed by atoms with van der Waals surface area (Å²) in [5, 5.41) is 25.3. The molecule has 0 fully saturated rings. The van der Waals surface area contributed by atoms with Crippen LogP contribution in [0.1, 0.15) is 0 Å². The predicted molar refractivity (Wildman–Crippen MR) is 211 cm³/mol. The summed E-state index contributed by atoms with van der Waals surface area (Å²) in [4.78, 5) is 0. The van der Waals surface area contributed by atoms with Crippen LogP contribution in [0.15, 0.2) is 200 Å². The van der Waals surface area contributed by atoms with Gasteiger partial charge in [-0.05, 0) is 33.4 Å². The average molecular weight is 888 g/mol. The largest absolute Gasteiger partial charge is 0.574 e. The van der Waals surface area contributed by atoms with E-state index >= 15 is 0 Å². The molecule has 9 aromatic rings. The molecule has 0 aliphatic carbocycles. The monoisotopic (exact) mass is 887 g/mol. The molecule has 8 heteroatoms. The summed E-state index contributed by atoms with van der Waals surface area (Å²) in [5.74, 6) is 0. The van der Waals surface area contributed by atoms with Crippen molar-refractivity contribution in [2.45, 2.75) is 0 Å². The minimum absolute atomic E-state index is 0.921. The van der Waals surface area contributed by atoms with Crippen LogP contribution in [0.3, 0.4) is 0 Å². The van der Waals surface area contributed by atoms with E-state index in [2.05, 4.69) is 40.0 Å². The third-order valence-corrected chi connectivity index (χ3v) is 8.03. The SMILES string of the molecule is [Cl][Pt].c1ccc(-c2cc(-c3ccccc3)[n-]n2)cc1.c1ccc(-c2cc(-c3ccccc3)[n-]n2)cc1.c1ccc(-c2cc(-c3ccccc3)[n-]n2)cc1. The standard InChI is InChI=1S/3C15H11N2.ClH.Pt/c3*1-3-7-12(8-4-1)14-11-15(17-16-14)13-9-5-2-6-10-13;;/h3*1-11H;1H;/q3*-1;;+1/p-1. The fourth-order valence-corrected chi connectivity index (χ4v) is 5.38. The third-order valence-electron chi connectivity index (χ3n) is 8.03. The quantitative estimate of drug-likeness (QED) is 0.165. The number of nitrogens with zero attached hydrogens (tertiary/aromatic N) is 6. The number of benzene rings is 6. The molecule has 3 aromatic heterocycles. The van der Waals surface area contributed by atoms with Crippen LogP contribution in [-0.2, 0) is 18.8 Å². The van der Waals surface area contributed by atoms with Gasteiger partial charge in [0.25, 0.3) is 0 Å². The van der Waals surface area contributed by atoms with Crippen molar-refractivity contribution in [2.75, 3.05) is 0 Å². The molecule has 9 rings (SSSR count). The fourth-order valence-electron chi connectivity index (χ4n) is 5.38. The molecule has 0 aliphatic heterocycles. The van der Waals surface area contributed by atoms with Gasteiger partial charge in [0.05, 0.1) is 0 Å². The van der Waals surface area contributed by atoms with Crippen molar-refractivity contribution in [1.82, 2.24) is 30.6 Å². The first-order valence-corrected chi connectivity index (χ1v) is 19.6. The summed E-state index contributed by atoms with van der Waals surface area (Å²) in [7, 11) is 4.61. The molecular formula is C45H33ClN6Pt-3. The van der Waals surface area contributed by atoms with Crippen molar-refractivity contribution in [2.24, 2.45) is 0 Å². The average Bonchev–Trinajstić information content (AvgIpc) is 4.07. The van der Waals surface area contributed by atoms with Gasteiger partial charge in [0, 0.05) is 17.1 Å². The number of hydrogen-bond donors (Lipinski definition) is 0. The Morgan fingerprint density at radius 2 is 0.472 bits per heavy atom. The maximum atomic E-state index is 4.61. The number of hydrogen-bond acceptors (Lipinski definition) is 3. The molecule has 263 valence electrons. The van der Waals surface area contributed by atoms with Crippen LogP contribution >= 0.6 is 9.42 Å². The van der Waals surface area contributed by atoms with Gasteiger partial charge in [-0.2, -0.15) is 0 Å². The summed E-state index contributed by atoms with van der Waals surface area (Å²) < 4.78 is 0. The third kappa shape index (κ3) is 10.3. The van der Waals surface area contributed by atoms with Gasteiger partial charge in [-0.25, -0.2) is 0 Å². The molecule has 0 amide bonds. The van der Waals surface area contributed by atoms with Crippen LogP contribution < -0.4 is 15.3 Å². The van der Waals surface area contributed by atoms with Gasteiger partial charge in [0.1, 0.15) is 0 Å². The first kappa shape index (κ1) is 36.7. The van der Waals surface area contributed by atoms with Crippen LogP contribution in [-0.4, -0.2) is 15.3 Å². The smallest absolute Gasteiger partial charge is 0.0473 e.